The Morgan fingerprint density at radius 2 is 2.24 bits per heavy atom. The molecule has 0 spiro atoms. The Balaban J connectivity index is 2.20. The number of rotatable bonds is 2. The molecule has 0 saturated carbocycles. The molecule has 0 aromatic carbocycles. The summed E-state index contributed by atoms with van der Waals surface area (Å²) in [6, 6.07) is 2.46. The molecule has 2 heterocycles. The molecular weight excluding hydrogens is 225 g/mol. The first kappa shape index (κ1) is 11.3. The lowest BCUT2D eigenvalue weighted by Crippen LogP contribution is -2.12. The van der Waals surface area contributed by atoms with Crippen molar-refractivity contribution in [2.24, 2.45) is 0 Å². The van der Waals surface area contributed by atoms with E-state index >= 15 is 0 Å². The number of hydrogen-bond donors (Lipinski definition) is 1. The van der Waals surface area contributed by atoms with E-state index in [1.54, 1.807) is 13.8 Å². The Hall–Kier alpha value is -2.24. The summed E-state index contributed by atoms with van der Waals surface area (Å²) in [5, 5.41) is 6.22. The zero-order valence-electron chi connectivity index (χ0n) is 9.32. The summed E-state index contributed by atoms with van der Waals surface area (Å²) >= 11 is 0. The number of nitrogens with one attached hydrogen (secondary N) is 1. The lowest BCUT2D eigenvalue weighted by Gasteiger charge is -2.01. The van der Waals surface area contributed by atoms with Gasteiger partial charge in [-0.25, -0.2) is 4.98 Å². The number of aryl methyl sites for hydroxylation is 1. The van der Waals surface area contributed by atoms with Gasteiger partial charge in [0.05, 0.1) is 5.69 Å². The Labute approximate surface area is 96.6 Å². The summed E-state index contributed by atoms with van der Waals surface area (Å²) in [5.41, 5.74) is 1.61. The minimum atomic E-state index is -0.705. The summed E-state index contributed by atoms with van der Waals surface area (Å²) in [7, 11) is 0. The molecule has 1 N–H and O–H groups in total. The van der Waals surface area contributed by atoms with Crippen LogP contribution >= 0.6 is 0 Å². The maximum absolute atomic E-state index is 12.8. The topological polar surface area (TPSA) is 68.0 Å². The van der Waals surface area contributed by atoms with Gasteiger partial charge in [0.15, 0.2) is 0 Å². The van der Waals surface area contributed by atoms with Crippen LogP contribution < -0.4 is 5.32 Å². The number of hydrogen-bond acceptors (Lipinski definition) is 4. The number of pyridine rings is 1. The molecule has 0 aliphatic heterocycles. The summed E-state index contributed by atoms with van der Waals surface area (Å²) in [4.78, 5) is 15.1. The standard InChI is InChI=1S/C11H10FN3O2/c1-6-7(2)15-17-11(6)14-10(16)8-3-4-13-9(12)5-8/h3-5H,1-2H3,(H,14,16). The van der Waals surface area contributed by atoms with Crippen molar-refractivity contribution in [1.29, 1.82) is 0 Å². The van der Waals surface area contributed by atoms with E-state index in [1.165, 1.54) is 12.3 Å². The molecular formula is C11H10FN3O2. The molecule has 0 bridgehead atoms. The van der Waals surface area contributed by atoms with Crippen LogP contribution in [0.3, 0.4) is 0 Å². The third-order valence-electron chi connectivity index (χ3n) is 2.37. The smallest absolute Gasteiger partial charge is 0.258 e. The summed E-state index contributed by atoms with van der Waals surface area (Å²) in [5.74, 6) is -0.904. The van der Waals surface area contributed by atoms with Crippen molar-refractivity contribution in [2.75, 3.05) is 5.32 Å². The Kier molecular flexibility index (Phi) is 2.86. The van der Waals surface area contributed by atoms with Gasteiger partial charge in [0, 0.05) is 23.4 Å². The molecule has 2 aromatic heterocycles. The highest BCUT2D eigenvalue weighted by molar-refractivity contribution is 6.03. The number of halogens is 1. The number of amides is 1. The van der Waals surface area contributed by atoms with E-state index in [-0.39, 0.29) is 11.4 Å². The lowest BCUT2D eigenvalue weighted by atomic mass is 10.2. The first-order chi connectivity index (χ1) is 8.08. The fraction of sp³-hybridized carbons (Fsp3) is 0.182. The molecule has 1 amide bonds. The number of carbonyl (C=O) groups is 1. The van der Waals surface area contributed by atoms with Crippen molar-refractivity contribution in [3.05, 3.63) is 41.1 Å². The van der Waals surface area contributed by atoms with Crippen LogP contribution in [0.1, 0.15) is 21.6 Å². The number of nitrogens with zero attached hydrogens (tertiary/aromatic N) is 2. The normalized spacial score (nSPS) is 10.3. The molecule has 0 fully saturated rings. The van der Waals surface area contributed by atoms with Crippen molar-refractivity contribution >= 4 is 11.8 Å². The van der Waals surface area contributed by atoms with Crippen LogP contribution in [-0.4, -0.2) is 16.0 Å². The SMILES string of the molecule is Cc1noc(NC(=O)c2ccnc(F)c2)c1C. The van der Waals surface area contributed by atoms with Crippen LogP contribution in [0.2, 0.25) is 0 Å². The summed E-state index contributed by atoms with van der Waals surface area (Å²) in [6.07, 6.45) is 1.22. The van der Waals surface area contributed by atoms with E-state index in [1.807, 2.05) is 0 Å². The van der Waals surface area contributed by atoms with Crippen molar-refractivity contribution in [1.82, 2.24) is 10.1 Å². The highest BCUT2D eigenvalue weighted by Crippen LogP contribution is 2.18. The van der Waals surface area contributed by atoms with Crippen LogP contribution in [-0.2, 0) is 0 Å². The third kappa shape index (κ3) is 2.30. The van der Waals surface area contributed by atoms with E-state index in [0.29, 0.717) is 5.69 Å². The lowest BCUT2D eigenvalue weighted by molar-refractivity contribution is 0.102. The molecule has 88 valence electrons. The van der Waals surface area contributed by atoms with Crippen molar-refractivity contribution in [2.45, 2.75) is 13.8 Å². The molecule has 6 heteroatoms. The average Bonchev–Trinajstić information content (AvgIpc) is 2.61. The van der Waals surface area contributed by atoms with Gasteiger partial charge < -0.3 is 4.52 Å². The van der Waals surface area contributed by atoms with Gasteiger partial charge in [-0.15, -0.1) is 0 Å². The van der Waals surface area contributed by atoms with Crippen molar-refractivity contribution in [3.63, 3.8) is 0 Å². The zero-order chi connectivity index (χ0) is 12.4. The first-order valence-electron chi connectivity index (χ1n) is 4.93. The van der Waals surface area contributed by atoms with Crippen LogP contribution in [0.5, 0.6) is 0 Å². The fourth-order valence-electron chi connectivity index (χ4n) is 1.25. The molecule has 5 nitrogen and oxygen atoms in total. The van der Waals surface area contributed by atoms with Crippen LogP contribution in [0.25, 0.3) is 0 Å². The van der Waals surface area contributed by atoms with Crippen molar-refractivity contribution < 1.29 is 13.7 Å². The van der Waals surface area contributed by atoms with Crippen molar-refractivity contribution in [3.8, 4) is 0 Å². The molecule has 0 unspecified atom stereocenters. The quantitative estimate of drug-likeness (QED) is 0.809. The Bertz CT molecular complexity index is 566. The minimum Gasteiger partial charge on any atom is -0.338 e. The second-order valence-corrected chi connectivity index (χ2v) is 3.54. The molecule has 0 atom stereocenters. The van der Waals surface area contributed by atoms with E-state index in [0.717, 1.165) is 11.6 Å². The highest BCUT2D eigenvalue weighted by Gasteiger charge is 2.13. The Morgan fingerprint density at radius 1 is 1.47 bits per heavy atom. The zero-order valence-corrected chi connectivity index (χ0v) is 9.32. The molecule has 0 aliphatic rings. The second-order valence-electron chi connectivity index (χ2n) is 3.54. The molecule has 17 heavy (non-hydrogen) atoms. The van der Waals surface area contributed by atoms with Gasteiger partial charge >= 0.3 is 0 Å². The highest BCUT2D eigenvalue weighted by atomic mass is 19.1. The van der Waals surface area contributed by atoms with Gasteiger partial charge in [0.2, 0.25) is 11.8 Å². The molecule has 0 saturated heterocycles. The minimum absolute atomic E-state index is 0.172. The van der Waals surface area contributed by atoms with Crippen LogP contribution in [0.4, 0.5) is 10.3 Å². The first-order valence-corrected chi connectivity index (χ1v) is 4.93. The summed E-state index contributed by atoms with van der Waals surface area (Å²) < 4.78 is 17.7. The van der Waals surface area contributed by atoms with Gasteiger partial charge in [-0.1, -0.05) is 5.16 Å². The second kappa shape index (κ2) is 4.32. The predicted octanol–water partition coefficient (Wildman–Crippen LogP) is 2.08. The summed E-state index contributed by atoms with van der Waals surface area (Å²) in [6.45, 7) is 3.54. The van der Waals surface area contributed by atoms with Gasteiger partial charge in [-0.3, -0.25) is 10.1 Å². The number of anilines is 1. The van der Waals surface area contributed by atoms with Gasteiger partial charge in [-0.05, 0) is 19.9 Å². The van der Waals surface area contributed by atoms with E-state index in [9.17, 15) is 9.18 Å². The Morgan fingerprint density at radius 3 is 2.82 bits per heavy atom. The van der Waals surface area contributed by atoms with Crippen LogP contribution in [0, 0.1) is 19.8 Å². The molecule has 0 aliphatic carbocycles. The average molecular weight is 235 g/mol. The van der Waals surface area contributed by atoms with Gasteiger partial charge in [0.1, 0.15) is 0 Å². The largest absolute Gasteiger partial charge is 0.338 e. The van der Waals surface area contributed by atoms with Gasteiger partial charge in [-0.2, -0.15) is 4.39 Å². The van der Waals surface area contributed by atoms with E-state index in [2.05, 4.69) is 15.5 Å². The number of carbonyl (C=O) groups excluding carboxylic acids is 1. The predicted molar refractivity (Wildman–Crippen MR) is 58.1 cm³/mol. The molecule has 0 radical (unpaired) electrons. The monoisotopic (exact) mass is 235 g/mol. The molecule has 2 aromatic rings. The van der Waals surface area contributed by atoms with E-state index < -0.39 is 11.9 Å². The number of aromatic nitrogens is 2. The third-order valence-corrected chi connectivity index (χ3v) is 2.37. The fourth-order valence-corrected chi connectivity index (χ4v) is 1.25. The van der Waals surface area contributed by atoms with E-state index in [4.69, 9.17) is 4.52 Å². The van der Waals surface area contributed by atoms with Crippen LogP contribution in [0.15, 0.2) is 22.9 Å². The molecule has 2 rings (SSSR count). The maximum Gasteiger partial charge on any atom is 0.258 e. The van der Waals surface area contributed by atoms with Gasteiger partial charge in [0.25, 0.3) is 5.91 Å². The maximum atomic E-state index is 12.8.